The summed E-state index contributed by atoms with van der Waals surface area (Å²) in [5.74, 6) is -0.164. The van der Waals surface area contributed by atoms with Crippen LogP contribution >= 0.6 is 0 Å². The molecular weight excluding hydrogens is 244 g/mol. The molecule has 0 unspecified atom stereocenters. The van der Waals surface area contributed by atoms with Gasteiger partial charge in [0.1, 0.15) is 5.75 Å². The quantitative estimate of drug-likeness (QED) is 0.718. The number of aromatic nitrogens is 1. The summed E-state index contributed by atoms with van der Waals surface area (Å²) >= 11 is 0. The first-order valence-electron chi connectivity index (χ1n) is 6.45. The van der Waals surface area contributed by atoms with Crippen LogP contribution in [-0.4, -0.2) is 29.2 Å². The molecule has 1 aliphatic rings. The number of H-pyrrole nitrogens is 1. The van der Waals surface area contributed by atoms with E-state index in [1.165, 1.54) is 0 Å². The molecule has 3 rings (SSSR count). The molecular formula is C14H16N2O3. The molecule has 0 saturated heterocycles. The van der Waals surface area contributed by atoms with Crippen LogP contribution in [0.3, 0.4) is 0 Å². The average Bonchev–Trinajstić information content (AvgIpc) is 2.79. The Bertz CT molecular complexity index is 646. The largest absolute Gasteiger partial charge is 0.507 e. The molecule has 1 aromatic carbocycles. The zero-order valence-electron chi connectivity index (χ0n) is 10.7. The van der Waals surface area contributed by atoms with Crippen LogP contribution < -0.4 is 5.32 Å². The molecule has 0 saturated carbocycles. The Hall–Kier alpha value is -2.01. The molecule has 100 valence electrons. The number of hydrogen-bond donors (Lipinski definition) is 3. The molecule has 0 amide bonds. The van der Waals surface area contributed by atoms with Gasteiger partial charge in [-0.2, -0.15) is 0 Å². The molecule has 0 aliphatic carbocycles. The van der Waals surface area contributed by atoms with Gasteiger partial charge in [-0.3, -0.25) is 0 Å². The van der Waals surface area contributed by atoms with Crippen molar-refractivity contribution < 1.29 is 14.6 Å². The fourth-order valence-electron chi connectivity index (χ4n) is 2.62. The van der Waals surface area contributed by atoms with Crippen molar-refractivity contribution >= 4 is 16.9 Å². The van der Waals surface area contributed by atoms with Crippen LogP contribution in [0.25, 0.3) is 10.9 Å². The Labute approximate surface area is 110 Å². The van der Waals surface area contributed by atoms with Gasteiger partial charge in [-0.05, 0) is 24.6 Å². The molecule has 5 heteroatoms. The first-order valence-corrected chi connectivity index (χ1v) is 6.45. The van der Waals surface area contributed by atoms with E-state index in [1.807, 2.05) is 0 Å². The highest BCUT2D eigenvalue weighted by atomic mass is 16.5. The number of phenols is 1. The van der Waals surface area contributed by atoms with Gasteiger partial charge in [0.15, 0.2) is 0 Å². The fourth-order valence-corrected chi connectivity index (χ4v) is 2.62. The lowest BCUT2D eigenvalue weighted by Gasteiger charge is -2.12. The standard InChI is InChI=1S/C14H16N2O3/c1-2-19-14(18)8-3-4-11(17)12-9-7-15-6-5-10(9)16-13(8)12/h3-4,15-17H,2,5-7H2,1H3. The SMILES string of the molecule is CCOC(=O)c1ccc(O)c2c3c([nH]c12)CCNC3. The second-order valence-electron chi connectivity index (χ2n) is 4.61. The topological polar surface area (TPSA) is 74.3 Å². The van der Waals surface area contributed by atoms with Crippen LogP contribution in [0.2, 0.25) is 0 Å². The molecule has 2 heterocycles. The summed E-state index contributed by atoms with van der Waals surface area (Å²) in [7, 11) is 0. The minimum absolute atomic E-state index is 0.198. The summed E-state index contributed by atoms with van der Waals surface area (Å²) < 4.78 is 5.05. The highest BCUT2D eigenvalue weighted by Crippen LogP contribution is 2.34. The Balaban J connectivity index is 2.23. The van der Waals surface area contributed by atoms with Crippen LogP contribution in [0.4, 0.5) is 0 Å². The summed E-state index contributed by atoms with van der Waals surface area (Å²) in [4.78, 5) is 15.2. The predicted octanol–water partition coefficient (Wildman–Crippen LogP) is 1.70. The molecule has 5 nitrogen and oxygen atoms in total. The van der Waals surface area contributed by atoms with Crippen molar-refractivity contribution in [2.75, 3.05) is 13.2 Å². The molecule has 0 bridgehead atoms. The number of carbonyl (C=O) groups excluding carboxylic acids is 1. The summed E-state index contributed by atoms with van der Waals surface area (Å²) in [6, 6.07) is 3.16. The molecule has 0 fully saturated rings. The van der Waals surface area contributed by atoms with Crippen molar-refractivity contribution in [1.29, 1.82) is 0 Å². The van der Waals surface area contributed by atoms with E-state index in [9.17, 15) is 9.90 Å². The van der Waals surface area contributed by atoms with Crippen molar-refractivity contribution in [3.8, 4) is 5.75 Å². The van der Waals surface area contributed by atoms with E-state index in [1.54, 1.807) is 19.1 Å². The number of rotatable bonds is 2. The van der Waals surface area contributed by atoms with Crippen molar-refractivity contribution in [2.45, 2.75) is 19.9 Å². The average molecular weight is 260 g/mol. The van der Waals surface area contributed by atoms with E-state index in [0.717, 1.165) is 29.6 Å². The smallest absolute Gasteiger partial charge is 0.340 e. The van der Waals surface area contributed by atoms with Gasteiger partial charge in [-0.15, -0.1) is 0 Å². The number of aromatic amines is 1. The minimum Gasteiger partial charge on any atom is -0.507 e. The summed E-state index contributed by atoms with van der Waals surface area (Å²) in [6.07, 6.45) is 0.867. The molecule has 0 atom stereocenters. The van der Waals surface area contributed by atoms with Gasteiger partial charge in [0.05, 0.1) is 17.7 Å². The number of carbonyl (C=O) groups is 1. The molecule has 0 radical (unpaired) electrons. The van der Waals surface area contributed by atoms with Crippen LogP contribution in [0.1, 0.15) is 28.5 Å². The van der Waals surface area contributed by atoms with E-state index in [4.69, 9.17) is 4.74 Å². The lowest BCUT2D eigenvalue weighted by atomic mass is 10.0. The summed E-state index contributed by atoms with van der Waals surface area (Å²) in [6.45, 7) is 3.72. The second kappa shape index (κ2) is 4.59. The maximum atomic E-state index is 11.9. The third-order valence-corrected chi connectivity index (χ3v) is 3.47. The highest BCUT2D eigenvalue weighted by Gasteiger charge is 2.22. The number of esters is 1. The van der Waals surface area contributed by atoms with Crippen LogP contribution in [0, 0.1) is 0 Å². The number of fused-ring (bicyclic) bond motifs is 3. The number of ether oxygens (including phenoxy) is 1. The maximum Gasteiger partial charge on any atom is 0.340 e. The van der Waals surface area contributed by atoms with E-state index in [-0.39, 0.29) is 11.7 Å². The first-order chi connectivity index (χ1) is 9.22. The van der Waals surface area contributed by atoms with Gasteiger partial charge in [0, 0.05) is 30.6 Å². The van der Waals surface area contributed by atoms with Gasteiger partial charge in [-0.25, -0.2) is 4.79 Å². The van der Waals surface area contributed by atoms with Gasteiger partial charge in [0.2, 0.25) is 0 Å². The fraction of sp³-hybridized carbons (Fsp3) is 0.357. The molecule has 0 spiro atoms. The Morgan fingerprint density at radius 3 is 3.11 bits per heavy atom. The van der Waals surface area contributed by atoms with Crippen LogP contribution in [0.15, 0.2) is 12.1 Å². The number of nitrogens with one attached hydrogen (secondary N) is 2. The summed E-state index contributed by atoms with van der Waals surface area (Å²) in [5.41, 5.74) is 3.28. The monoisotopic (exact) mass is 260 g/mol. The van der Waals surface area contributed by atoms with Crippen LogP contribution in [-0.2, 0) is 17.7 Å². The summed E-state index contributed by atoms with van der Waals surface area (Å²) in [5, 5.41) is 14.1. The lowest BCUT2D eigenvalue weighted by molar-refractivity contribution is 0.0528. The van der Waals surface area contributed by atoms with Crippen molar-refractivity contribution in [1.82, 2.24) is 10.3 Å². The Morgan fingerprint density at radius 2 is 2.32 bits per heavy atom. The number of phenolic OH excluding ortho intramolecular Hbond substituents is 1. The highest BCUT2D eigenvalue weighted by molar-refractivity contribution is 6.06. The number of aromatic hydroxyl groups is 1. The second-order valence-corrected chi connectivity index (χ2v) is 4.61. The molecule has 19 heavy (non-hydrogen) atoms. The van der Waals surface area contributed by atoms with Gasteiger partial charge < -0.3 is 20.1 Å². The van der Waals surface area contributed by atoms with E-state index >= 15 is 0 Å². The first kappa shape index (κ1) is 12.0. The molecule has 1 aliphatic heterocycles. The number of hydrogen-bond acceptors (Lipinski definition) is 4. The van der Waals surface area contributed by atoms with Gasteiger partial charge in [0.25, 0.3) is 0 Å². The van der Waals surface area contributed by atoms with Crippen molar-refractivity contribution in [3.05, 3.63) is 29.0 Å². The zero-order chi connectivity index (χ0) is 13.4. The number of benzene rings is 1. The Morgan fingerprint density at radius 1 is 1.47 bits per heavy atom. The van der Waals surface area contributed by atoms with Crippen LogP contribution in [0.5, 0.6) is 5.75 Å². The minimum atomic E-state index is -0.362. The van der Waals surface area contributed by atoms with Crippen molar-refractivity contribution in [3.63, 3.8) is 0 Å². The lowest BCUT2D eigenvalue weighted by Crippen LogP contribution is -2.22. The van der Waals surface area contributed by atoms with E-state index in [0.29, 0.717) is 24.2 Å². The van der Waals surface area contributed by atoms with Gasteiger partial charge >= 0.3 is 5.97 Å². The normalized spacial score (nSPS) is 14.4. The Kier molecular flexibility index (Phi) is 2.91. The maximum absolute atomic E-state index is 11.9. The zero-order valence-corrected chi connectivity index (χ0v) is 10.7. The third kappa shape index (κ3) is 1.86. The third-order valence-electron chi connectivity index (χ3n) is 3.47. The molecule has 1 aromatic heterocycles. The molecule has 3 N–H and O–H groups in total. The molecule has 2 aromatic rings. The van der Waals surface area contributed by atoms with E-state index in [2.05, 4.69) is 10.3 Å². The van der Waals surface area contributed by atoms with E-state index < -0.39 is 0 Å². The predicted molar refractivity (Wildman–Crippen MR) is 71.3 cm³/mol. The van der Waals surface area contributed by atoms with Crippen molar-refractivity contribution in [2.24, 2.45) is 0 Å². The van der Waals surface area contributed by atoms with Gasteiger partial charge in [-0.1, -0.05) is 0 Å².